The second kappa shape index (κ2) is 4.54. The molecule has 0 radical (unpaired) electrons. The molecule has 0 aliphatic heterocycles. The zero-order chi connectivity index (χ0) is 11.6. The zero-order valence-electron chi connectivity index (χ0n) is 10.7. The number of rotatable bonds is 0. The Kier molecular flexibility index (Phi) is 3.80. The van der Waals surface area contributed by atoms with Gasteiger partial charge in [0.1, 0.15) is 0 Å². The van der Waals surface area contributed by atoms with E-state index in [9.17, 15) is 4.79 Å². The van der Waals surface area contributed by atoms with Crippen molar-refractivity contribution in [3.63, 3.8) is 0 Å². The van der Waals surface area contributed by atoms with Crippen LogP contribution in [0, 0.1) is 23.2 Å². The van der Waals surface area contributed by atoms with Crippen LogP contribution in [-0.4, -0.2) is 13.1 Å². The van der Waals surface area contributed by atoms with Gasteiger partial charge in [-0.25, -0.2) is 0 Å². The number of carbonyl (C=O) groups is 1. The summed E-state index contributed by atoms with van der Waals surface area (Å²) in [5, 5.41) is 0. The monoisotopic (exact) mass is 212 g/mol. The minimum absolute atomic E-state index is 0.245. The molecule has 0 spiro atoms. The highest BCUT2D eigenvalue weighted by atomic mass is 16.5. The molecule has 0 aromatic carbocycles. The second-order valence-electron chi connectivity index (χ2n) is 5.61. The molecule has 3 atom stereocenters. The largest absolute Gasteiger partial charge is 0.469 e. The quantitative estimate of drug-likeness (QED) is 0.576. The van der Waals surface area contributed by atoms with Gasteiger partial charge in [0.25, 0.3) is 0 Å². The number of ether oxygens (including phenoxy) is 1. The molecule has 15 heavy (non-hydrogen) atoms. The third kappa shape index (κ3) is 2.53. The first-order valence-electron chi connectivity index (χ1n) is 5.94. The molecule has 3 rings (SSSR count). The highest BCUT2D eigenvalue weighted by molar-refractivity contribution is 5.65. The van der Waals surface area contributed by atoms with Crippen LogP contribution in [0.4, 0.5) is 0 Å². The van der Waals surface area contributed by atoms with Crippen LogP contribution >= 0.6 is 0 Å². The van der Waals surface area contributed by atoms with Gasteiger partial charge in [0, 0.05) is 6.92 Å². The lowest BCUT2D eigenvalue weighted by atomic mass is 9.46. The summed E-state index contributed by atoms with van der Waals surface area (Å²) in [7, 11) is 1.35. The van der Waals surface area contributed by atoms with Gasteiger partial charge in [-0.15, -0.1) is 0 Å². The molecule has 3 fully saturated rings. The summed E-state index contributed by atoms with van der Waals surface area (Å²) in [6.07, 6.45) is 4.54. The predicted molar refractivity (Wildman–Crippen MR) is 61.5 cm³/mol. The fourth-order valence-corrected chi connectivity index (χ4v) is 3.18. The van der Waals surface area contributed by atoms with Crippen LogP contribution < -0.4 is 0 Å². The number of hydrogen-bond acceptors (Lipinski definition) is 2. The maximum atomic E-state index is 9.59. The Bertz CT molecular complexity index is 231. The smallest absolute Gasteiger partial charge is 0.302 e. The molecule has 0 N–H and O–H groups in total. The van der Waals surface area contributed by atoms with Gasteiger partial charge in [-0.1, -0.05) is 27.2 Å². The van der Waals surface area contributed by atoms with Crippen molar-refractivity contribution in [3.8, 4) is 0 Å². The van der Waals surface area contributed by atoms with Gasteiger partial charge in [0.05, 0.1) is 7.11 Å². The molecule has 2 bridgehead atoms. The molecular formula is C13H24O2. The molecule has 0 heterocycles. The summed E-state index contributed by atoms with van der Waals surface area (Å²) in [5.74, 6) is 2.91. The Hall–Kier alpha value is -0.530. The van der Waals surface area contributed by atoms with E-state index in [4.69, 9.17) is 0 Å². The Morgan fingerprint density at radius 2 is 1.87 bits per heavy atom. The van der Waals surface area contributed by atoms with Crippen LogP contribution in [0.5, 0.6) is 0 Å². The molecule has 2 nitrogen and oxygen atoms in total. The summed E-state index contributed by atoms with van der Waals surface area (Å²) in [6.45, 7) is 8.71. The van der Waals surface area contributed by atoms with Gasteiger partial charge in [-0.3, -0.25) is 4.79 Å². The molecule has 0 aromatic heterocycles. The second-order valence-corrected chi connectivity index (χ2v) is 5.61. The Balaban J connectivity index is 0.000000195. The van der Waals surface area contributed by atoms with Crippen LogP contribution in [0.1, 0.15) is 47.0 Å². The molecule has 3 aliphatic rings. The number of hydrogen-bond donors (Lipinski definition) is 0. The maximum Gasteiger partial charge on any atom is 0.302 e. The van der Waals surface area contributed by atoms with Gasteiger partial charge in [-0.05, 0) is 36.0 Å². The topological polar surface area (TPSA) is 26.3 Å². The number of carbonyl (C=O) groups excluding carboxylic acids is 1. The van der Waals surface area contributed by atoms with E-state index < -0.39 is 0 Å². The average molecular weight is 212 g/mol. The van der Waals surface area contributed by atoms with E-state index in [1.54, 1.807) is 0 Å². The third-order valence-corrected chi connectivity index (χ3v) is 4.49. The van der Waals surface area contributed by atoms with E-state index >= 15 is 0 Å². The molecule has 3 aliphatic carbocycles. The molecule has 0 aromatic rings. The van der Waals surface area contributed by atoms with Crippen LogP contribution in [0.2, 0.25) is 0 Å². The predicted octanol–water partition coefficient (Wildman–Crippen LogP) is 3.26. The van der Waals surface area contributed by atoms with Crippen molar-refractivity contribution in [2.24, 2.45) is 23.2 Å². The van der Waals surface area contributed by atoms with Crippen LogP contribution in [0.25, 0.3) is 0 Å². The van der Waals surface area contributed by atoms with Gasteiger partial charge < -0.3 is 4.74 Å². The summed E-state index contributed by atoms with van der Waals surface area (Å²) in [5.41, 5.74) is 0.706. The SMILES string of the molecule is CC1CCC2C[C@H]1C2(C)C.COC(C)=O. The standard InChI is InChI=1S/C10H18.C3H6O2/c1-7-4-5-8-6-9(7)10(8,2)3;1-3(4)5-2/h7-9H,4-6H2,1-3H3;1-2H3/t7?,8?,9-;/m1./s1. The van der Waals surface area contributed by atoms with E-state index in [1.165, 1.54) is 33.3 Å². The molecular weight excluding hydrogens is 188 g/mol. The Morgan fingerprint density at radius 1 is 1.33 bits per heavy atom. The number of esters is 1. The molecule has 3 saturated carbocycles. The first-order valence-corrected chi connectivity index (χ1v) is 5.94. The number of fused-ring (bicyclic) bond motifs is 2. The van der Waals surface area contributed by atoms with Crippen LogP contribution in [0.3, 0.4) is 0 Å². The normalized spacial score (nSPS) is 35.7. The van der Waals surface area contributed by atoms with Crippen molar-refractivity contribution in [1.29, 1.82) is 0 Å². The van der Waals surface area contributed by atoms with Crippen molar-refractivity contribution in [3.05, 3.63) is 0 Å². The fraction of sp³-hybridized carbons (Fsp3) is 0.923. The first-order chi connectivity index (χ1) is 6.89. The van der Waals surface area contributed by atoms with E-state index in [-0.39, 0.29) is 5.97 Å². The van der Waals surface area contributed by atoms with Crippen molar-refractivity contribution >= 4 is 5.97 Å². The summed E-state index contributed by atoms with van der Waals surface area (Å²) in [4.78, 5) is 9.59. The van der Waals surface area contributed by atoms with Crippen molar-refractivity contribution in [2.75, 3.05) is 7.11 Å². The number of methoxy groups -OCH3 is 1. The van der Waals surface area contributed by atoms with Gasteiger partial charge in [-0.2, -0.15) is 0 Å². The van der Waals surface area contributed by atoms with E-state index in [0.29, 0.717) is 5.41 Å². The van der Waals surface area contributed by atoms with E-state index in [1.807, 2.05) is 0 Å². The average Bonchev–Trinajstić information content (AvgIpc) is 2.18. The molecule has 0 amide bonds. The lowest BCUT2D eigenvalue weighted by Gasteiger charge is -2.59. The fourth-order valence-electron chi connectivity index (χ4n) is 3.18. The Morgan fingerprint density at radius 3 is 2.07 bits per heavy atom. The lowest BCUT2D eigenvalue weighted by molar-refractivity contribution is -0.137. The highest BCUT2D eigenvalue weighted by Crippen LogP contribution is 2.61. The van der Waals surface area contributed by atoms with Crippen molar-refractivity contribution in [2.45, 2.75) is 47.0 Å². The van der Waals surface area contributed by atoms with Gasteiger partial charge in [0.15, 0.2) is 0 Å². The van der Waals surface area contributed by atoms with E-state index in [2.05, 4.69) is 25.5 Å². The summed E-state index contributed by atoms with van der Waals surface area (Å²) < 4.78 is 4.11. The minimum atomic E-state index is -0.245. The van der Waals surface area contributed by atoms with Crippen molar-refractivity contribution < 1.29 is 9.53 Å². The zero-order valence-corrected chi connectivity index (χ0v) is 10.7. The van der Waals surface area contributed by atoms with Gasteiger partial charge in [0.2, 0.25) is 0 Å². The van der Waals surface area contributed by atoms with Crippen molar-refractivity contribution in [1.82, 2.24) is 0 Å². The highest BCUT2D eigenvalue weighted by Gasteiger charge is 2.52. The lowest BCUT2D eigenvalue weighted by Crippen LogP contribution is -2.51. The molecule has 0 saturated heterocycles. The summed E-state index contributed by atoms with van der Waals surface area (Å²) >= 11 is 0. The van der Waals surface area contributed by atoms with E-state index in [0.717, 1.165) is 17.8 Å². The Labute approximate surface area is 93.4 Å². The third-order valence-electron chi connectivity index (χ3n) is 4.49. The molecule has 2 heteroatoms. The van der Waals surface area contributed by atoms with Crippen LogP contribution in [0.15, 0.2) is 0 Å². The van der Waals surface area contributed by atoms with Crippen LogP contribution in [-0.2, 0) is 9.53 Å². The molecule has 88 valence electrons. The van der Waals surface area contributed by atoms with Gasteiger partial charge >= 0.3 is 5.97 Å². The molecule has 2 unspecified atom stereocenters. The first kappa shape index (κ1) is 12.5. The minimum Gasteiger partial charge on any atom is -0.469 e. The summed E-state index contributed by atoms with van der Waals surface area (Å²) in [6, 6.07) is 0. The maximum absolute atomic E-state index is 9.59.